The van der Waals surface area contributed by atoms with Crippen LogP contribution in [-0.4, -0.2) is 87.3 Å². The Morgan fingerprint density at radius 1 is 1.15 bits per heavy atom. The number of para-hydroxylation sites is 1. The first-order valence-corrected chi connectivity index (χ1v) is 14.2. The topological polar surface area (TPSA) is 201 Å². The lowest BCUT2D eigenvalue weighted by atomic mass is 10.0. The quantitative estimate of drug-likeness (QED) is 0.187. The highest BCUT2D eigenvalue weighted by atomic mass is 32.2. The third kappa shape index (κ3) is 7.96. The number of amides is 4. The van der Waals surface area contributed by atoms with E-state index in [-0.39, 0.29) is 25.8 Å². The van der Waals surface area contributed by atoms with Crippen LogP contribution in [0, 0.1) is 0 Å². The number of aromatic amines is 1. The number of likely N-dealkylation sites (tertiary alicyclic amines) is 1. The molecule has 212 valence electrons. The number of hydrogen-bond acceptors (Lipinski definition) is 7. The van der Waals surface area contributed by atoms with Crippen LogP contribution in [0.25, 0.3) is 10.9 Å². The van der Waals surface area contributed by atoms with E-state index in [1.807, 2.05) is 30.5 Å². The molecule has 4 amide bonds. The Morgan fingerprint density at radius 3 is 2.59 bits per heavy atom. The van der Waals surface area contributed by atoms with E-state index in [1.165, 1.54) is 4.90 Å². The monoisotopic (exact) mass is 560 g/mol. The van der Waals surface area contributed by atoms with Gasteiger partial charge in [0.25, 0.3) is 0 Å². The van der Waals surface area contributed by atoms with Crippen molar-refractivity contribution in [3.8, 4) is 0 Å². The molecule has 1 aromatic heterocycles. The van der Waals surface area contributed by atoms with Gasteiger partial charge in [-0.1, -0.05) is 18.2 Å². The van der Waals surface area contributed by atoms with Crippen LogP contribution in [0.5, 0.6) is 0 Å². The maximum absolute atomic E-state index is 13.8. The molecule has 4 unspecified atom stereocenters. The van der Waals surface area contributed by atoms with E-state index in [4.69, 9.17) is 11.5 Å². The average molecular weight is 561 g/mol. The molecule has 2 aromatic rings. The van der Waals surface area contributed by atoms with Crippen molar-refractivity contribution in [2.24, 2.45) is 11.5 Å². The van der Waals surface area contributed by atoms with Gasteiger partial charge in [-0.3, -0.25) is 19.2 Å². The zero-order valence-corrected chi connectivity index (χ0v) is 22.7. The smallest absolute Gasteiger partial charge is 0.326 e. The summed E-state index contributed by atoms with van der Waals surface area (Å²) in [6, 6.07) is 3.57. The van der Waals surface area contributed by atoms with Crippen molar-refractivity contribution in [2.75, 3.05) is 18.6 Å². The Bertz CT molecular complexity index is 1200. The number of rotatable bonds is 14. The molecule has 0 aliphatic carbocycles. The van der Waals surface area contributed by atoms with Crippen molar-refractivity contribution < 1.29 is 29.1 Å². The Morgan fingerprint density at radius 2 is 1.90 bits per heavy atom. The predicted molar refractivity (Wildman–Crippen MR) is 148 cm³/mol. The van der Waals surface area contributed by atoms with Crippen molar-refractivity contribution in [1.82, 2.24) is 20.5 Å². The minimum absolute atomic E-state index is 0.162. The summed E-state index contributed by atoms with van der Waals surface area (Å²) in [6.45, 7) is 0.273. The second kappa shape index (κ2) is 14.0. The summed E-state index contributed by atoms with van der Waals surface area (Å²) >= 11 is 1.56. The number of carbonyl (C=O) groups excluding carboxylic acids is 4. The van der Waals surface area contributed by atoms with Crippen molar-refractivity contribution in [3.05, 3.63) is 36.0 Å². The molecule has 0 saturated carbocycles. The molecule has 13 heteroatoms. The van der Waals surface area contributed by atoms with Crippen LogP contribution in [0.2, 0.25) is 0 Å². The molecule has 1 aromatic carbocycles. The third-order valence-electron chi connectivity index (χ3n) is 6.82. The van der Waals surface area contributed by atoms with Gasteiger partial charge in [0.2, 0.25) is 23.6 Å². The second-order valence-corrected chi connectivity index (χ2v) is 10.6. The maximum atomic E-state index is 13.8. The van der Waals surface area contributed by atoms with Gasteiger partial charge in [-0.15, -0.1) is 0 Å². The fourth-order valence-electron chi connectivity index (χ4n) is 4.69. The summed E-state index contributed by atoms with van der Waals surface area (Å²) in [5.74, 6) is -2.84. The number of primary amides is 1. The molecular formula is C26H36N6O6S. The number of hydrogen-bond donors (Lipinski definition) is 6. The first-order valence-electron chi connectivity index (χ1n) is 12.8. The standard InChI is InChI=1S/C26H36N6O6S/c1-39-12-10-17(27)23(34)31-20(13-15-14-29-18-6-3-2-5-16(15)18)25(36)32-11-4-7-21(32)24(35)30-19(26(37)38)8-9-22(28)33/h2-3,5-6,14,17,19-21,29H,4,7-13,27H2,1H3,(H2,28,33)(H,30,35)(H,31,34)(H,37,38). The molecule has 12 nitrogen and oxygen atoms in total. The first kappa shape index (κ1) is 30.0. The van der Waals surface area contributed by atoms with Crippen molar-refractivity contribution >= 4 is 52.3 Å². The van der Waals surface area contributed by atoms with E-state index in [0.29, 0.717) is 25.0 Å². The maximum Gasteiger partial charge on any atom is 0.326 e. The summed E-state index contributed by atoms with van der Waals surface area (Å²) < 4.78 is 0. The van der Waals surface area contributed by atoms with E-state index in [1.54, 1.807) is 18.0 Å². The molecule has 1 aliphatic rings. The lowest BCUT2D eigenvalue weighted by Gasteiger charge is -2.30. The Balaban J connectivity index is 1.81. The highest BCUT2D eigenvalue weighted by Gasteiger charge is 2.39. The third-order valence-corrected chi connectivity index (χ3v) is 7.46. The Kier molecular flexibility index (Phi) is 10.8. The van der Waals surface area contributed by atoms with Gasteiger partial charge in [0.15, 0.2) is 0 Å². The van der Waals surface area contributed by atoms with Crippen molar-refractivity contribution in [1.29, 1.82) is 0 Å². The fourth-order valence-corrected chi connectivity index (χ4v) is 5.18. The molecule has 0 radical (unpaired) electrons. The molecule has 4 atom stereocenters. The molecular weight excluding hydrogens is 524 g/mol. The Hall–Kier alpha value is -3.58. The number of nitrogens with two attached hydrogens (primary N) is 2. The van der Waals surface area contributed by atoms with E-state index < -0.39 is 53.8 Å². The van der Waals surface area contributed by atoms with Gasteiger partial charge in [0.1, 0.15) is 18.1 Å². The van der Waals surface area contributed by atoms with E-state index in [9.17, 15) is 29.1 Å². The van der Waals surface area contributed by atoms with Gasteiger partial charge in [-0.25, -0.2) is 4.79 Å². The molecule has 8 N–H and O–H groups in total. The highest BCUT2D eigenvalue weighted by molar-refractivity contribution is 7.98. The number of nitrogens with one attached hydrogen (secondary N) is 3. The zero-order valence-electron chi connectivity index (χ0n) is 21.9. The molecule has 1 fully saturated rings. The van der Waals surface area contributed by atoms with Gasteiger partial charge >= 0.3 is 5.97 Å². The number of H-pyrrole nitrogens is 1. The average Bonchev–Trinajstić information content (AvgIpc) is 3.56. The lowest BCUT2D eigenvalue weighted by Crippen LogP contribution is -2.57. The number of aliphatic carboxylic acids is 1. The van der Waals surface area contributed by atoms with Crippen molar-refractivity contribution in [2.45, 2.75) is 62.7 Å². The van der Waals surface area contributed by atoms with Crippen LogP contribution in [0.15, 0.2) is 30.5 Å². The molecule has 0 spiro atoms. The van der Waals surface area contributed by atoms with Crippen LogP contribution in [-0.2, 0) is 30.4 Å². The summed E-state index contributed by atoms with van der Waals surface area (Å²) in [4.78, 5) is 67.1. The summed E-state index contributed by atoms with van der Waals surface area (Å²) in [7, 11) is 0. The predicted octanol–water partition coefficient (Wildman–Crippen LogP) is 0.102. The van der Waals surface area contributed by atoms with Gasteiger partial charge < -0.3 is 37.1 Å². The van der Waals surface area contributed by atoms with E-state index >= 15 is 0 Å². The minimum Gasteiger partial charge on any atom is -0.480 e. The zero-order chi connectivity index (χ0) is 28.5. The largest absolute Gasteiger partial charge is 0.480 e. The van der Waals surface area contributed by atoms with E-state index in [0.717, 1.165) is 16.5 Å². The number of aromatic nitrogens is 1. The summed E-state index contributed by atoms with van der Waals surface area (Å²) in [5, 5.41) is 15.6. The lowest BCUT2D eigenvalue weighted by molar-refractivity contribution is -0.145. The number of benzene rings is 1. The number of thioether (sulfide) groups is 1. The highest BCUT2D eigenvalue weighted by Crippen LogP contribution is 2.23. The molecule has 0 bridgehead atoms. The number of carboxylic acid groups (broad SMARTS) is 1. The minimum atomic E-state index is -1.32. The van der Waals surface area contributed by atoms with Gasteiger partial charge in [0.05, 0.1) is 6.04 Å². The molecule has 2 heterocycles. The number of carboxylic acids is 1. The molecule has 3 rings (SSSR count). The first-order chi connectivity index (χ1) is 18.6. The van der Waals surface area contributed by atoms with E-state index in [2.05, 4.69) is 15.6 Å². The fraction of sp³-hybridized carbons (Fsp3) is 0.500. The van der Waals surface area contributed by atoms with Crippen LogP contribution in [0.1, 0.15) is 37.7 Å². The number of fused-ring (bicyclic) bond motifs is 1. The van der Waals surface area contributed by atoms with Crippen LogP contribution in [0.4, 0.5) is 0 Å². The summed E-state index contributed by atoms with van der Waals surface area (Å²) in [6.07, 6.45) is 4.81. The molecule has 1 aliphatic heterocycles. The van der Waals surface area contributed by atoms with Crippen LogP contribution < -0.4 is 22.1 Å². The van der Waals surface area contributed by atoms with Gasteiger partial charge in [-0.05, 0) is 49.3 Å². The van der Waals surface area contributed by atoms with Crippen LogP contribution in [0.3, 0.4) is 0 Å². The Labute approximate surface area is 230 Å². The molecule has 1 saturated heterocycles. The van der Waals surface area contributed by atoms with Crippen LogP contribution >= 0.6 is 11.8 Å². The number of nitrogens with zero attached hydrogens (tertiary/aromatic N) is 1. The SMILES string of the molecule is CSCCC(N)C(=O)NC(Cc1c[nH]c2ccccc12)C(=O)N1CCCC1C(=O)NC(CCC(N)=O)C(=O)O. The van der Waals surface area contributed by atoms with Gasteiger partial charge in [0, 0.05) is 36.5 Å². The van der Waals surface area contributed by atoms with Crippen molar-refractivity contribution in [3.63, 3.8) is 0 Å². The number of carbonyl (C=O) groups is 5. The summed E-state index contributed by atoms with van der Waals surface area (Å²) in [5.41, 5.74) is 12.9. The second-order valence-electron chi connectivity index (χ2n) is 9.61. The normalized spacial score (nSPS) is 17.4. The van der Waals surface area contributed by atoms with Gasteiger partial charge in [-0.2, -0.15) is 11.8 Å². The molecule has 39 heavy (non-hydrogen) atoms.